The Labute approximate surface area is 233 Å². The number of amides is 1. The summed E-state index contributed by atoms with van der Waals surface area (Å²) in [4.78, 5) is 16.4. The minimum Gasteiger partial charge on any atom is -0.337 e. The zero-order chi connectivity index (χ0) is 27.0. The van der Waals surface area contributed by atoms with Crippen LogP contribution in [0.25, 0.3) is 0 Å². The lowest BCUT2D eigenvalue weighted by Gasteiger charge is -2.22. The third-order valence-electron chi connectivity index (χ3n) is 6.71. The minimum atomic E-state index is -3.79. The van der Waals surface area contributed by atoms with Gasteiger partial charge in [-0.3, -0.25) is 9.52 Å². The molecule has 1 atom stereocenters. The first-order chi connectivity index (χ1) is 17.3. The summed E-state index contributed by atoms with van der Waals surface area (Å²) in [6.07, 6.45) is 0.941. The molecule has 1 fully saturated rings. The van der Waals surface area contributed by atoms with Crippen molar-refractivity contribution in [1.82, 2.24) is 4.90 Å². The molecule has 0 saturated carbocycles. The zero-order valence-electron chi connectivity index (χ0n) is 21.8. The van der Waals surface area contributed by atoms with Gasteiger partial charge >= 0.3 is 0 Å². The van der Waals surface area contributed by atoms with Crippen molar-refractivity contribution in [2.24, 2.45) is 0 Å². The quantitative estimate of drug-likeness (QED) is 0.325. The molecule has 1 unspecified atom stereocenters. The Morgan fingerprint density at radius 2 is 1.68 bits per heavy atom. The molecule has 0 radical (unpaired) electrons. The molecule has 37 heavy (non-hydrogen) atoms. The average molecular weight is 602 g/mol. The molecule has 3 aromatic carbocycles. The zero-order valence-corrected chi connectivity index (χ0v) is 25.1. The van der Waals surface area contributed by atoms with Crippen LogP contribution >= 0.6 is 27.7 Å². The van der Waals surface area contributed by atoms with Gasteiger partial charge in [0.1, 0.15) is 0 Å². The van der Waals surface area contributed by atoms with Crippen LogP contribution in [-0.2, 0) is 15.4 Å². The number of aryl methyl sites for hydroxylation is 1. The van der Waals surface area contributed by atoms with Gasteiger partial charge in [0, 0.05) is 39.0 Å². The van der Waals surface area contributed by atoms with Crippen molar-refractivity contribution in [3.05, 3.63) is 87.4 Å². The second-order valence-corrected chi connectivity index (χ2v) is 14.5. The molecule has 0 spiro atoms. The second-order valence-electron chi connectivity index (χ2n) is 10.6. The first-order valence-corrected chi connectivity index (χ1v) is 15.5. The molecule has 1 N–H and O–H groups in total. The molecule has 0 aliphatic carbocycles. The number of sulfonamides is 1. The average Bonchev–Trinajstić information content (AvgIpc) is 3.29. The van der Waals surface area contributed by atoms with E-state index in [1.165, 1.54) is 4.90 Å². The lowest BCUT2D eigenvalue weighted by atomic mass is 9.85. The van der Waals surface area contributed by atoms with Gasteiger partial charge in [-0.15, -0.1) is 11.8 Å². The highest BCUT2D eigenvalue weighted by Gasteiger charge is 2.28. The maximum Gasteiger partial charge on any atom is 0.262 e. The predicted molar refractivity (Wildman–Crippen MR) is 156 cm³/mol. The van der Waals surface area contributed by atoms with E-state index in [1.807, 2.05) is 30.9 Å². The van der Waals surface area contributed by atoms with Gasteiger partial charge in [0.15, 0.2) is 0 Å². The normalized spacial score (nSPS) is 16.2. The fraction of sp³-hybridized carbons (Fsp3) is 0.345. The second kappa shape index (κ2) is 10.8. The van der Waals surface area contributed by atoms with Crippen LogP contribution in [0.3, 0.4) is 0 Å². The van der Waals surface area contributed by atoms with Crippen molar-refractivity contribution < 1.29 is 13.2 Å². The summed E-state index contributed by atoms with van der Waals surface area (Å²) in [5, 5.41) is 0.353. The molecule has 0 bridgehead atoms. The monoisotopic (exact) mass is 600 g/mol. The van der Waals surface area contributed by atoms with E-state index in [1.54, 1.807) is 42.1 Å². The molecule has 8 heteroatoms. The number of hydrogen-bond donors (Lipinski definition) is 1. The maximum absolute atomic E-state index is 13.3. The molecule has 196 valence electrons. The van der Waals surface area contributed by atoms with Crippen LogP contribution < -0.4 is 4.72 Å². The topological polar surface area (TPSA) is 66.5 Å². The van der Waals surface area contributed by atoms with E-state index in [0.717, 1.165) is 27.6 Å². The summed E-state index contributed by atoms with van der Waals surface area (Å²) in [5.74, 6) is -0.0299. The van der Waals surface area contributed by atoms with E-state index < -0.39 is 10.0 Å². The Morgan fingerprint density at radius 3 is 2.30 bits per heavy atom. The number of carbonyl (C=O) groups is 1. The van der Waals surface area contributed by atoms with Crippen LogP contribution in [0.4, 0.5) is 5.69 Å². The summed E-state index contributed by atoms with van der Waals surface area (Å²) < 4.78 is 30.3. The lowest BCUT2D eigenvalue weighted by molar-refractivity contribution is 0.0793. The number of carbonyl (C=O) groups excluding carboxylic acids is 1. The molecule has 1 aliphatic heterocycles. The maximum atomic E-state index is 13.3. The van der Waals surface area contributed by atoms with Gasteiger partial charge in [-0.2, -0.15) is 0 Å². The first kappa shape index (κ1) is 27.7. The van der Waals surface area contributed by atoms with Crippen molar-refractivity contribution in [3.63, 3.8) is 0 Å². The molecular weight excluding hydrogens is 568 g/mol. The van der Waals surface area contributed by atoms with Crippen LogP contribution in [0.15, 0.2) is 74.9 Å². The lowest BCUT2D eigenvalue weighted by Crippen LogP contribution is -2.29. The third kappa shape index (κ3) is 6.59. The number of halogens is 1. The summed E-state index contributed by atoms with van der Waals surface area (Å²) in [5.41, 5.74) is 3.46. The molecule has 1 heterocycles. The number of nitrogens with zero attached hydrogens (tertiary/aromatic N) is 1. The highest BCUT2D eigenvalue weighted by Crippen LogP contribution is 2.32. The summed E-state index contributed by atoms with van der Waals surface area (Å²) in [7, 11) is -3.79. The Morgan fingerprint density at radius 1 is 1.03 bits per heavy atom. The van der Waals surface area contributed by atoms with E-state index in [9.17, 15) is 13.2 Å². The van der Waals surface area contributed by atoms with Gasteiger partial charge in [0.25, 0.3) is 15.9 Å². The van der Waals surface area contributed by atoms with Gasteiger partial charge in [-0.25, -0.2) is 8.42 Å². The van der Waals surface area contributed by atoms with Gasteiger partial charge < -0.3 is 4.90 Å². The van der Waals surface area contributed by atoms with Crippen LogP contribution in [0.2, 0.25) is 0 Å². The highest BCUT2D eigenvalue weighted by molar-refractivity contribution is 9.10. The molecular formula is C29H33BrN2O3S2. The third-order valence-corrected chi connectivity index (χ3v) is 10.0. The Bertz CT molecular complexity index is 1400. The van der Waals surface area contributed by atoms with Crippen molar-refractivity contribution in [3.8, 4) is 0 Å². The fourth-order valence-corrected chi connectivity index (χ4v) is 7.15. The predicted octanol–water partition coefficient (Wildman–Crippen LogP) is 7.17. The van der Waals surface area contributed by atoms with Gasteiger partial charge in [-0.1, -0.05) is 42.8 Å². The van der Waals surface area contributed by atoms with Gasteiger partial charge in [0.2, 0.25) is 0 Å². The molecule has 5 nitrogen and oxygen atoms in total. The Balaban J connectivity index is 1.43. The van der Waals surface area contributed by atoms with E-state index >= 15 is 0 Å². The van der Waals surface area contributed by atoms with E-state index in [2.05, 4.69) is 59.6 Å². The molecule has 1 amide bonds. The fourth-order valence-electron chi connectivity index (χ4n) is 4.33. The molecule has 0 aromatic heterocycles. The van der Waals surface area contributed by atoms with Crippen LogP contribution in [0.5, 0.6) is 0 Å². The van der Waals surface area contributed by atoms with Crippen LogP contribution in [-0.4, -0.2) is 37.6 Å². The first-order valence-electron chi connectivity index (χ1n) is 12.3. The number of rotatable bonds is 6. The minimum absolute atomic E-state index is 0.0299. The molecule has 1 aliphatic rings. The molecule has 1 saturated heterocycles. The highest BCUT2D eigenvalue weighted by atomic mass is 79.9. The molecule has 4 rings (SSSR count). The standard InChI is InChI=1S/C29H33BrN2O3S2/c1-19-16-22(29(3,4)5)17-27(20(19)2)37(34,35)31-24-10-6-21(7-11-24)28(33)32-15-14-26(18-32)36-25-12-8-23(30)9-13-25/h6-13,16-17,26,31H,14-15,18H2,1-5H3. The number of likely N-dealkylation sites (tertiary alicyclic amines) is 1. The van der Waals surface area contributed by atoms with Crippen LogP contribution in [0, 0.1) is 13.8 Å². The van der Waals surface area contributed by atoms with E-state index in [4.69, 9.17) is 0 Å². The van der Waals surface area contributed by atoms with Gasteiger partial charge in [0.05, 0.1) is 4.90 Å². The SMILES string of the molecule is Cc1cc(C(C)(C)C)cc(S(=O)(=O)Nc2ccc(C(=O)N3CCC(Sc4ccc(Br)cc4)C3)cc2)c1C. The summed E-state index contributed by atoms with van der Waals surface area (Å²) in [6, 6.07) is 18.7. The van der Waals surface area contributed by atoms with Crippen LogP contribution in [0.1, 0.15) is 54.2 Å². The van der Waals surface area contributed by atoms with Crippen molar-refractivity contribution in [2.45, 2.75) is 61.5 Å². The number of anilines is 1. The Kier molecular flexibility index (Phi) is 8.12. The van der Waals surface area contributed by atoms with Crippen molar-refractivity contribution in [1.29, 1.82) is 0 Å². The number of benzene rings is 3. The van der Waals surface area contributed by atoms with Gasteiger partial charge in [-0.05, 0) is 97.0 Å². The molecule has 3 aromatic rings. The largest absolute Gasteiger partial charge is 0.337 e. The Hall–Kier alpha value is -2.29. The smallest absolute Gasteiger partial charge is 0.262 e. The van der Waals surface area contributed by atoms with Crippen molar-refractivity contribution >= 4 is 49.3 Å². The van der Waals surface area contributed by atoms with E-state index in [0.29, 0.717) is 29.6 Å². The number of nitrogens with one attached hydrogen (secondary N) is 1. The summed E-state index contributed by atoms with van der Waals surface area (Å²) in [6.45, 7) is 11.4. The summed E-state index contributed by atoms with van der Waals surface area (Å²) >= 11 is 5.26. The number of hydrogen-bond acceptors (Lipinski definition) is 4. The number of thioether (sulfide) groups is 1. The van der Waals surface area contributed by atoms with Crippen molar-refractivity contribution in [2.75, 3.05) is 17.8 Å². The van der Waals surface area contributed by atoms with E-state index in [-0.39, 0.29) is 16.2 Å².